The summed E-state index contributed by atoms with van der Waals surface area (Å²) in [6.45, 7) is 0. The van der Waals surface area contributed by atoms with Crippen molar-refractivity contribution in [3.8, 4) is 0 Å². The minimum absolute atomic E-state index is 0.131. The van der Waals surface area contributed by atoms with Crippen molar-refractivity contribution in [3.05, 3.63) is 38.4 Å². The van der Waals surface area contributed by atoms with E-state index in [0.29, 0.717) is 11.0 Å². The third kappa shape index (κ3) is 3.31. The van der Waals surface area contributed by atoms with Crippen molar-refractivity contribution in [3.63, 3.8) is 0 Å². The van der Waals surface area contributed by atoms with Crippen LogP contribution in [0.1, 0.15) is 0 Å². The van der Waals surface area contributed by atoms with Gasteiger partial charge in [-0.15, -0.1) is 0 Å². The second-order valence-electron chi connectivity index (χ2n) is 3.18. The third-order valence-electron chi connectivity index (χ3n) is 1.90. The number of aromatic nitrogens is 2. The maximum Gasteiger partial charge on any atom is 0.223 e. The van der Waals surface area contributed by atoms with Crippen molar-refractivity contribution < 1.29 is 0 Å². The van der Waals surface area contributed by atoms with Crippen LogP contribution in [0.2, 0.25) is 5.15 Å². The predicted molar refractivity (Wildman–Crippen MR) is 76.6 cm³/mol. The molecule has 0 aliphatic heterocycles. The van der Waals surface area contributed by atoms with Crippen LogP contribution in [-0.2, 0) is 0 Å². The van der Waals surface area contributed by atoms with E-state index >= 15 is 0 Å². The Morgan fingerprint density at radius 3 is 2.65 bits per heavy atom. The molecule has 2 rings (SSSR count). The highest BCUT2D eigenvalue weighted by atomic mass is 79.9. The first-order valence-corrected chi connectivity index (χ1v) is 6.53. The molecule has 0 amide bonds. The van der Waals surface area contributed by atoms with E-state index in [9.17, 15) is 0 Å². The number of benzene rings is 1. The monoisotopic (exact) mass is 376 g/mol. The molecular weight excluding hydrogens is 371 g/mol. The maximum atomic E-state index is 5.80. The fourth-order valence-electron chi connectivity index (χ4n) is 1.23. The molecule has 1 heterocycles. The third-order valence-corrected chi connectivity index (χ3v) is 3.28. The molecule has 2 aromatic rings. The Morgan fingerprint density at radius 2 is 1.94 bits per heavy atom. The van der Waals surface area contributed by atoms with Gasteiger partial charge in [-0.1, -0.05) is 27.5 Å². The molecule has 0 aliphatic rings. The summed E-state index contributed by atoms with van der Waals surface area (Å²) >= 11 is 12.6. The van der Waals surface area contributed by atoms with Crippen LogP contribution in [0, 0.1) is 0 Å². The second kappa shape index (κ2) is 5.20. The van der Waals surface area contributed by atoms with Gasteiger partial charge in [0, 0.05) is 15.0 Å². The van der Waals surface area contributed by atoms with Gasteiger partial charge in [-0.3, -0.25) is 0 Å². The number of nitrogen functional groups attached to an aromatic ring is 1. The molecule has 17 heavy (non-hydrogen) atoms. The molecule has 1 aromatic heterocycles. The molecule has 3 N–H and O–H groups in total. The Hall–Kier alpha value is -0.850. The highest BCUT2D eigenvalue weighted by molar-refractivity contribution is 9.11. The Labute approximate surface area is 120 Å². The van der Waals surface area contributed by atoms with E-state index in [1.165, 1.54) is 0 Å². The molecule has 0 spiro atoms. The molecule has 0 saturated carbocycles. The van der Waals surface area contributed by atoms with E-state index in [-0.39, 0.29) is 5.95 Å². The smallest absolute Gasteiger partial charge is 0.223 e. The Morgan fingerprint density at radius 1 is 1.18 bits per heavy atom. The molecule has 0 bridgehead atoms. The standard InChI is InChI=1S/C10H7Br2ClN4/c11-5-1-2-6(12)7(3-5)15-9-4-8(13)16-10(14)17-9/h1-4H,(H3,14,15,16,17). The van der Waals surface area contributed by atoms with Crippen LogP contribution in [0.15, 0.2) is 33.2 Å². The number of halogens is 3. The lowest BCUT2D eigenvalue weighted by atomic mass is 10.3. The minimum Gasteiger partial charge on any atom is -0.368 e. The molecule has 0 fully saturated rings. The van der Waals surface area contributed by atoms with E-state index in [4.69, 9.17) is 17.3 Å². The van der Waals surface area contributed by atoms with E-state index in [2.05, 4.69) is 47.1 Å². The number of hydrogen-bond donors (Lipinski definition) is 2. The molecule has 1 aromatic carbocycles. The zero-order valence-electron chi connectivity index (χ0n) is 8.42. The van der Waals surface area contributed by atoms with Gasteiger partial charge < -0.3 is 11.1 Å². The van der Waals surface area contributed by atoms with Crippen molar-refractivity contribution in [2.75, 3.05) is 11.1 Å². The molecule has 0 unspecified atom stereocenters. The predicted octanol–water partition coefficient (Wildman–Crippen LogP) is 3.98. The number of nitrogens with one attached hydrogen (secondary N) is 1. The summed E-state index contributed by atoms with van der Waals surface area (Å²) in [7, 11) is 0. The minimum atomic E-state index is 0.131. The first kappa shape index (κ1) is 12.6. The molecule has 0 atom stereocenters. The normalized spacial score (nSPS) is 10.3. The maximum absolute atomic E-state index is 5.80. The fourth-order valence-corrected chi connectivity index (χ4v) is 2.13. The van der Waals surface area contributed by atoms with Crippen LogP contribution in [0.4, 0.5) is 17.5 Å². The molecule has 0 aliphatic carbocycles. The van der Waals surface area contributed by atoms with Gasteiger partial charge in [0.15, 0.2) is 0 Å². The summed E-state index contributed by atoms with van der Waals surface area (Å²) in [5.41, 5.74) is 6.37. The second-order valence-corrected chi connectivity index (χ2v) is 5.34. The van der Waals surface area contributed by atoms with Crippen molar-refractivity contribution in [1.82, 2.24) is 9.97 Å². The summed E-state index contributed by atoms with van der Waals surface area (Å²) in [4.78, 5) is 7.82. The van der Waals surface area contributed by atoms with Crippen molar-refractivity contribution >= 4 is 60.9 Å². The summed E-state index contributed by atoms with van der Waals surface area (Å²) in [6, 6.07) is 7.36. The SMILES string of the molecule is Nc1nc(Cl)cc(Nc2cc(Br)ccc2Br)n1. The fraction of sp³-hybridized carbons (Fsp3) is 0. The summed E-state index contributed by atoms with van der Waals surface area (Å²) in [6.07, 6.45) is 0. The van der Waals surface area contributed by atoms with Gasteiger partial charge >= 0.3 is 0 Å². The summed E-state index contributed by atoms with van der Waals surface area (Å²) in [5, 5.41) is 3.40. The lowest BCUT2D eigenvalue weighted by molar-refractivity contribution is 1.18. The highest BCUT2D eigenvalue weighted by Crippen LogP contribution is 2.29. The van der Waals surface area contributed by atoms with Gasteiger partial charge in [-0.25, -0.2) is 4.98 Å². The summed E-state index contributed by atoms with van der Waals surface area (Å²) in [5.74, 6) is 0.674. The number of anilines is 3. The van der Waals surface area contributed by atoms with Gasteiger partial charge in [0.25, 0.3) is 0 Å². The first-order chi connectivity index (χ1) is 8.04. The molecule has 0 saturated heterocycles. The van der Waals surface area contributed by atoms with Crippen LogP contribution in [0.5, 0.6) is 0 Å². The first-order valence-electron chi connectivity index (χ1n) is 4.57. The van der Waals surface area contributed by atoms with Crippen LogP contribution in [-0.4, -0.2) is 9.97 Å². The zero-order chi connectivity index (χ0) is 12.4. The van der Waals surface area contributed by atoms with E-state index < -0.39 is 0 Å². The number of rotatable bonds is 2. The van der Waals surface area contributed by atoms with Crippen LogP contribution >= 0.6 is 43.5 Å². The van der Waals surface area contributed by atoms with E-state index in [1.54, 1.807) is 6.07 Å². The zero-order valence-corrected chi connectivity index (χ0v) is 12.3. The Balaban J connectivity index is 2.34. The average Bonchev–Trinajstić information content (AvgIpc) is 2.22. The van der Waals surface area contributed by atoms with Crippen molar-refractivity contribution in [2.24, 2.45) is 0 Å². The quantitative estimate of drug-likeness (QED) is 0.776. The van der Waals surface area contributed by atoms with E-state index in [1.807, 2.05) is 18.2 Å². The molecular formula is C10H7Br2ClN4. The molecule has 0 radical (unpaired) electrons. The number of nitrogens with two attached hydrogens (primary N) is 1. The van der Waals surface area contributed by atoms with Crippen molar-refractivity contribution in [2.45, 2.75) is 0 Å². The van der Waals surface area contributed by atoms with Crippen LogP contribution in [0.25, 0.3) is 0 Å². The largest absolute Gasteiger partial charge is 0.368 e. The van der Waals surface area contributed by atoms with Gasteiger partial charge in [-0.2, -0.15) is 4.98 Å². The molecule has 7 heteroatoms. The lowest BCUT2D eigenvalue weighted by Gasteiger charge is -2.08. The lowest BCUT2D eigenvalue weighted by Crippen LogP contribution is -2.00. The topological polar surface area (TPSA) is 63.8 Å². The van der Waals surface area contributed by atoms with Gasteiger partial charge in [0.05, 0.1) is 5.69 Å². The Bertz CT molecular complexity index is 542. The van der Waals surface area contributed by atoms with Gasteiger partial charge in [0.1, 0.15) is 11.0 Å². The summed E-state index contributed by atoms with van der Waals surface area (Å²) < 4.78 is 1.87. The average molecular weight is 378 g/mol. The van der Waals surface area contributed by atoms with Crippen LogP contribution < -0.4 is 11.1 Å². The number of nitrogens with zero attached hydrogens (tertiary/aromatic N) is 2. The van der Waals surface area contributed by atoms with E-state index in [0.717, 1.165) is 14.6 Å². The highest BCUT2D eigenvalue weighted by Gasteiger charge is 2.04. The van der Waals surface area contributed by atoms with Gasteiger partial charge in [-0.05, 0) is 34.1 Å². The van der Waals surface area contributed by atoms with Crippen molar-refractivity contribution in [1.29, 1.82) is 0 Å². The Kier molecular flexibility index (Phi) is 3.86. The molecule has 88 valence electrons. The van der Waals surface area contributed by atoms with Gasteiger partial charge in [0.2, 0.25) is 5.95 Å². The van der Waals surface area contributed by atoms with Crippen LogP contribution in [0.3, 0.4) is 0 Å². The molecule has 4 nitrogen and oxygen atoms in total. The number of hydrogen-bond acceptors (Lipinski definition) is 4.